The zero-order valence-electron chi connectivity index (χ0n) is 15.1. The SMILES string of the molecule is C(CCNCCCCCN1CCNCC1)CCN1CCNCC1. The third kappa shape index (κ3) is 9.62. The van der Waals surface area contributed by atoms with Crippen LogP contribution in [0, 0.1) is 0 Å². The van der Waals surface area contributed by atoms with Crippen molar-refractivity contribution in [2.24, 2.45) is 0 Å². The van der Waals surface area contributed by atoms with Crippen molar-refractivity contribution >= 4 is 0 Å². The molecule has 0 spiro atoms. The molecular weight excluding hydrogens is 286 g/mol. The molecule has 2 saturated heterocycles. The smallest absolute Gasteiger partial charge is 0.0107 e. The van der Waals surface area contributed by atoms with E-state index in [-0.39, 0.29) is 0 Å². The summed E-state index contributed by atoms with van der Waals surface area (Å²) in [4.78, 5) is 5.20. The van der Waals surface area contributed by atoms with Gasteiger partial charge in [-0.15, -0.1) is 0 Å². The van der Waals surface area contributed by atoms with Crippen molar-refractivity contribution in [3.8, 4) is 0 Å². The summed E-state index contributed by atoms with van der Waals surface area (Å²) in [5.41, 5.74) is 0. The van der Waals surface area contributed by atoms with E-state index in [0.717, 1.165) is 0 Å². The molecule has 0 saturated carbocycles. The first kappa shape index (κ1) is 19.1. The van der Waals surface area contributed by atoms with E-state index in [1.807, 2.05) is 0 Å². The number of hydrogen-bond acceptors (Lipinski definition) is 5. The summed E-state index contributed by atoms with van der Waals surface area (Å²) in [7, 11) is 0. The molecule has 0 radical (unpaired) electrons. The average Bonchev–Trinajstić information content (AvgIpc) is 2.61. The predicted molar refractivity (Wildman–Crippen MR) is 99.2 cm³/mol. The van der Waals surface area contributed by atoms with E-state index in [0.29, 0.717) is 0 Å². The molecule has 0 aromatic rings. The lowest BCUT2D eigenvalue weighted by molar-refractivity contribution is 0.235. The van der Waals surface area contributed by atoms with Crippen molar-refractivity contribution in [1.82, 2.24) is 25.8 Å². The van der Waals surface area contributed by atoms with E-state index < -0.39 is 0 Å². The second kappa shape index (κ2) is 13.1. The summed E-state index contributed by atoms with van der Waals surface area (Å²) in [6, 6.07) is 0. The summed E-state index contributed by atoms with van der Waals surface area (Å²) in [5, 5.41) is 10.4. The Balaban J connectivity index is 1.26. The van der Waals surface area contributed by atoms with E-state index in [1.165, 1.54) is 117 Å². The monoisotopic (exact) mass is 325 g/mol. The van der Waals surface area contributed by atoms with Crippen LogP contribution in [0.25, 0.3) is 0 Å². The van der Waals surface area contributed by atoms with Gasteiger partial charge >= 0.3 is 0 Å². The molecule has 0 unspecified atom stereocenters. The van der Waals surface area contributed by atoms with Gasteiger partial charge in [0.1, 0.15) is 0 Å². The normalized spacial score (nSPS) is 20.9. The van der Waals surface area contributed by atoms with Crippen LogP contribution in [0.2, 0.25) is 0 Å². The minimum absolute atomic E-state index is 1.18. The Hall–Kier alpha value is -0.200. The lowest BCUT2D eigenvalue weighted by Crippen LogP contribution is -2.43. The highest BCUT2D eigenvalue weighted by molar-refractivity contribution is 4.68. The van der Waals surface area contributed by atoms with Crippen molar-refractivity contribution in [3.63, 3.8) is 0 Å². The lowest BCUT2D eigenvalue weighted by Gasteiger charge is -2.27. The van der Waals surface area contributed by atoms with Crippen LogP contribution in [0.5, 0.6) is 0 Å². The van der Waals surface area contributed by atoms with Crippen LogP contribution in [0.4, 0.5) is 0 Å². The summed E-state index contributed by atoms with van der Waals surface area (Å²) < 4.78 is 0. The molecule has 3 N–H and O–H groups in total. The molecule has 2 aliphatic rings. The van der Waals surface area contributed by atoms with Gasteiger partial charge in [-0.25, -0.2) is 0 Å². The quantitative estimate of drug-likeness (QED) is 0.462. The third-order valence-corrected chi connectivity index (χ3v) is 5.08. The second-order valence-electron chi connectivity index (χ2n) is 7.05. The Bertz CT molecular complexity index is 236. The number of rotatable bonds is 12. The summed E-state index contributed by atoms with van der Waals surface area (Å²) in [6.45, 7) is 14.7. The molecule has 0 bridgehead atoms. The predicted octanol–water partition coefficient (Wildman–Crippen LogP) is 0.727. The van der Waals surface area contributed by atoms with Gasteiger partial charge in [-0.2, -0.15) is 0 Å². The molecule has 0 aromatic carbocycles. The van der Waals surface area contributed by atoms with Crippen LogP contribution in [0.3, 0.4) is 0 Å². The Labute approximate surface area is 143 Å². The van der Waals surface area contributed by atoms with Crippen LogP contribution in [0.15, 0.2) is 0 Å². The van der Waals surface area contributed by atoms with Gasteiger partial charge in [-0.1, -0.05) is 12.8 Å². The highest BCUT2D eigenvalue weighted by Crippen LogP contribution is 2.01. The van der Waals surface area contributed by atoms with Gasteiger partial charge in [-0.3, -0.25) is 0 Å². The van der Waals surface area contributed by atoms with Crippen LogP contribution >= 0.6 is 0 Å². The zero-order chi connectivity index (χ0) is 16.0. The Kier molecular flexibility index (Phi) is 10.9. The molecule has 5 nitrogen and oxygen atoms in total. The van der Waals surface area contributed by atoms with Crippen molar-refractivity contribution in [3.05, 3.63) is 0 Å². The molecule has 0 amide bonds. The molecule has 0 atom stereocenters. The Morgan fingerprint density at radius 2 is 1.00 bits per heavy atom. The van der Waals surface area contributed by atoms with Crippen LogP contribution < -0.4 is 16.0 Å². The topological polar surface area (TPSA) is 42.6 Å². The zero-order valence-corrected chi connectivity index (χ0v) is 15.1. The van der Waals surface area contributed by atoms with E-state index in [4.69, 9.17) is 0 Å². The Morgan fingerprint density at radius 3 is 1.43 bits per heavy atom. The third-order valence-electron chi connectivity index (χ3n) is 5.08. The first-order valence-electron chi connectivity index (χ1n) is 10.0. The van der Waals surface area contributed by atoms with Gasteiger partial charge in [0.05, 0.1) is 0 Å². The van der Waals surface area contributed by atoms with Crippen LogP contribution in [-0.4, -0.2) is 88.3 Å². The maximum absolute atomic E-state index is 3.62. The van der Waals surface area contributed by atoms with E-state index in [9.17, 15) is 0 Å². The van der Waals surface area contributed by atoms with Gasteiger partial charge in [-0.05, 0) is 51.9 Å². The molecular formula is C18H39N5. The number of nitrogens with zero attached hydrogens (tertiary/aromatic N) is 2. The van der Waals surface area contributed by atoms with Gasteiger partial charge in [0.15, 0.2) is 0 Å². The molecule has 2 aliphatic heterocycles. The highest BCUT2D eigenvalue weighted by atomic mass is 15.2. The molecule has 0 aliphatic carbocycles. The minimum Gasteiger partial charge on any atom is -0.317 e. The van der Waals surface area contributed by atoms with E-state index in [2.05, 4.69) is 25.8 Å². The summed E-state index contributed by atoms with van der Waals surface area (Å²) in [5.74, 6) is 0. The fourth-order valence-corrected chi connectivity index (χ4v) is 3.52. The maximum Gasteiger partial charge on any atom is 0.0107 e. The second-order valence-corrected chi connectivity index (χ2v) is 7.05. The largest absolute Gasteiger partial charge is 0.317 e. The first-order valence-corrected chi connectivity index (χ1v) is 10.0. The lowest BCUT2D eigenvalue weighted by atomic mass is 10.2. The van der Waals surface area contributed by atoms with Crippen molar-refractivity contribution in [2.75, 3.05) is 78.5 Å². The maximum atomic E-state index is 3.62. The number of piperazine rings is 2. The molecule has 5 heteroatoms. The standard InChI is InChI=1S/C18H39N5/c1(5-13-22-15-9-20-10-16-22)3-7-19-8-4-2-6-14-23-17-11-21-12-18-23/h19-21H,1-18H2. The van der Waals surface area contributed by atoms with Crippen LogP contribution in [0.1, 0.15) is 38.5 Å². The molecule has 0 aromatic heterocycles. The fourth-order valence-electron chi connectivity index (χ4n) is 3.52. The van der Waals surface area contributed by atoms with Crippen LogP contribution in [-0.2, 0) is 0 Å². The van der Waals surface area contributed by atoms with Gasteiger partial charge in [0, 0.05) is 52.4 Å². The van der Waals surface area contributed by atoms with Crippen molar-refractivity contribution < 1.29 is 0 Å². The Morgan fingerprint density at radius 1 is 0.565 bits per heavy atom. The van der Waals surface area contributed by atoms with Gasteiger partial charge < -0.3 is 25.8 Å². The van der Waals surface area contributed by atoms with E-state index >= 15 is 0 Å². The van der Waals surface area contributed by atoms with Crippen molar-refractivity contribution in [1.29, 1.82) is 0 Å². The number of hydrogen-bond donors (Lipinski definition) is 3. The first-order chi connectivity index (χ1) is 11.4. The molecule has 2 fully saturated rings. The molecule has 2 heterocycles. The molecule has 23 heavy (non-hydrogen) atoms. The minimum atomic E-state index is 1.18. The molecule has 136 valence electrons. The highest BCUT2D eigenvalue weighted by Gasteiger charge is 2.08. The number of nitrogens with one attached hydrogen (secondary N) is 3. The molecule has 2 rings (SSSR count). The number of unbranched alkanes of at least 4 members (excludes halogenated alkanes) is 4. The van der Waals surface area contributed by atoms with E-state index in [1.54, 1.807) is 0 Å². The summed E-state index contributed by atoms with van der Waals surface area (Å²) in [6.07, 6.45) is 8.17. The van der Waals surface area contributed by atoms with Gasteiger partial charge in [0.2, 0.25) is 0 Å². The van der Waals surface area contributed by atoms with Crippen molar-refractivity contribution in [2.45, 2.75) is 38.5 Å². The average molecular weight is 326 g/mol. The summed E-state index contributed by atoms with van der Waals surface area (Å²) >= 11 is 0. The van der Waals surface area contributed by atoms with Gasteiger partial charge in [0.25, 0.3) is 0 Å². The fraction of sp³-hybridized carbons (Fsp3) is 1.00.